The van der Waals surface area contributed by atoms with Crippen LogP contribution >= 0.6 is 23.5 Å². The molecule has 0 spiro atoms. The normalized spacial score (nSPS) is 10.6. The molecule has 6 heteroatoms. The van der Waals surface area contributed by atoms with Crippen molar-refractivity contribution in [1.82, 2.24) is 0 Å². The van der Waals surface area contributed by atoms with E-state index in [1.165, 1.54) is 34.5 Å². The number of benzene rings is 3. The van der Waals surface area contributed by atoms with Gasteiger partial charge in [-0.3, -0.25) is 9.69 Å². The Hall–Kier alpha value is -2.50. The zero-order valence-electron chi connectivity index (χ0n) is 15.6. The number of anilines is 3. The third kappa shape index (κ3) is 4.16. The molecule has 0 fully saturated rings. The van der Waals surface area contributed by atoms with Gasteiger partial charge in [0, 0.05) is 7.05 Å². The van der Waals surface area contributed by atoms with Crippen molar-refractivity contribution in [3.05, 3.63) is 83.1 Å². The van der Waals surface area contributed by atoms with E-state index in [-0.39, 0.29) is 10.7 Å². The molecular weight excluding hydrogens is 395 g/mol. The second-order valence-electron chi connectivity index (χ2n) is 6.08. The fourth-order valence-electron chi connectivity index (χ4n) is 3.00. The fraction of sp³-hybridized carbons (Fsp3) is 0.136. The number of carbonyl (C=O) groups is 1. The number of para-hydroxylation sites is 3. The number of aryl methyl sites for hydroxylation is 1. The first-order valence-corrected chi connectivity index (χ1v) is 9.99. The molecule has 0 aliphatic carbocycles. The molecular formula is C22H20ClFN2OS. The van der Waals surface area contributed by atoms with Crippen LogP contribution in [0, 0.1) is 5.82 Å². The van der Waals surface area contributed by atoms with Gasteiger partial charge < -0.3 is 4.31 Å². The predicted molar refractivity (Wildman–Crippen MR) is 116 cm³/mol. The standard InChI is InChI=1S/C22H20ClFN2OS/c1-3-16-9-4-5-12-19(16)25(2)28-21-14-7-6-13-20(21)26(15-27)22-17(23)10-8-11-18(22)24/h4-15H,3H2,1-2H3. The monoisotopic (exact) mass is 414 g/mol. The number of hydrogen-bond donors (Lipinski definition) is 0. The minimum Gasteiger partial charge on any atom is -0.315 e. The largest absolute Gasteiger partial charge is 0.315 e. The molecule has 3 rings (SSSR count). The van der Waals surface area contributed by atoms with Gasteiger partial charge >= 0.3 is 0 Å². The Morgan fingerprint density at radius 3 is 2.36 bits per heavy atom. The SMILES string of the molecule is CCc1ccccc1N(C)Sc1ccccc1N(C=O)c1c(F)cccc1Cl. The van der Waals surface area contributed by atoms with E-state index in [0.717, 1.165) is 17.0 Å². The van der Waals surface area contributed by atoms with Crippen molar-refractivity contribution in [3.8, 4) is 0 Å². The zero-order chi connectivity index (χ0) is 20.1. The summed E-state index contributed by atoms with van der Waals surface area (Å²) < 4.78 is 16.5. The van der Waals surface area contributed by atoms with Gasteiger partial charge in [-0.1, -0.05) is 54.9 Å². The maximum Gasteiger partial charge on any atom is 0.218 e. The molecule has 144 valence electrons. The van der Waals surface area contributed by atoms with Crippen LogP contribution in [-0.4, -0.2) is 13.5 Å². The van der Waals surface area contributed by atoms with Crippen LogP contribution in [0.1, 0.15) is 12.5 Å². The van der Waals surface area contributed by atoms with Crippen molar-refractivity contribution in [3.63, 3.8) is 0 Å². The molecule has 0 saturated heterocycles. The molecule has 3 nitrogen and oxygen atoms in total. The van der Waals surface area contributed by atoms with E-state index in [0.29, 0.717) is 12.1 Å². The lowest BCUT2D eigenvalue weighted by molar-refractivity contribution is -0.106. The molecule has 1 amide bonds. The molecule has 0 N–H and O–H groups in total. The summed E-state index contributed by atoms with van der Waals surface area (Å²) >= 11 is 7.66. The van der Waals surface area contributed by atoms with Gasteiger partial charge in [0.25, 0.3) is 0 Å². The van der Waals surface area contributed by atoms with Gasteiger partial charge in [-0.25, -0.2) is 4.39 Å². The quantitative estimate of drug-likeness (QED) is 0.326. The van der Waals surface area contributed by atoms with E-state index in [9.17, 15) is 9.18 Å². The number of halogens is 2. The number of hydrogen-bond acceptors (Lipinski definition) is 3. The van der Waals surface area contributed by atoms with Crippen molar-refractivity contribution in [2.45, 2.75) is 18.2 Å². The van der Waals surface area contributed by atoms with Crippen LogP contribution in [0.3, 0.4) is 0 Å². The van der Waals surface area contributed by atoms with Gasteiger partial charge in [0.2, 0.25) is 6.41 Å². The highest BCUT2D eigenvalue weighted by atomic mass is 35.5. The van der Waals surface area contributed by atoms with E-state index >= 15 is 0 Å². The third-order valence-corrected chi connectivity index (χ3v) is 5.67. The molecule has 0 atom stereocenters. The third-order valence-electron chi connectivity index (χ3n) is 4.36. The van der Waals surface area contributed by atoms with Crippen molar-refractivity contribution in [2.75, 3.05) is 16.3 Å². The lowest BCUT2D eigenvalue weighted by Crippen LogP contribution is -2.18. The molecule has 0 aliphatic heterocycles. The van der Waals surface area contributed by atoms with Crippen LogP contribution in [0.15, 0.2) is 71.6 Å². The van der Waals surface area contributed by atoms with Crippen molar-refractivity contribution in [2.24, 2.45) is 0 Å². The summed E-state index contributed by atoms with van der Waals surface area (Å²) in [5.41, 5.74) is 2.92. The Balaban J connectivity index is 2.00. The maximum absolute atomic E-state index is 14.4. The van der Waals surface area contributed by atoms with E-state index in [2.05, 4.69) is 19.1 Å². The first-order chi connectivity index (χ1) is 13.6. The lowest BCUT2D eigenvalue weighted by atomic mass is 10.1. The highest BCUT2D eigenvalue weighted by molar-refractivity contribution is 8.00. The Morgan fingerprint density at radius 1 is 1.00 bits per heavy atom. The van der Waals surface area contributed by atoms with Crippen LogP contribution in [-0.2, 0) is 11.2 Å². The van der Waals surface area contributed by atoms with Gasteiger partial charge in [-0.05, 0) is 54.3 Å². The molecule has 0 aromatic heterocycles. The summed E-state index contributed by atoms with van der Waals surface area (Å²) in [5.74, 6) is -0.552. The Morgan fingerprint density at radius 2 is 1.68 bits per heavy atom. The van der Waals surface area contributed by atoms with Crippen molar-refractivity contribution >= 4 is 47.0 Å². The van der Waals surface area contributed by atoms with E-state index in [4.69, 9.17) is 11.6 Å². The van der Waals surface area contributed by atoms with Gasteiger partial charge in [0.1, 0.15) is 11.5 Å². The molecule has 0 unspecified atom stereocenters. The summed E-state index contributed by atoms with van der Waals surface area (Å²) in [6.45, 7) is 2.11. The summed E-state index contributed by atoms with van der Waals surface area (Å²) in [5, 5.41) is 0.177. The van der Waals surface area contributed by atoms with Gasteiger partial charge in [-0.15, -0.1) is 0 Å². The first kappa shape index (κ1) is 20.2. The molecule has 0 aliphatic rings. The highest BCUT2D eigenvalue weighted by Gasteiger charge is 2.20. The Kier molecular flexibility index (Phi) is 6.60. The number of carbonyl (C=O) groups excluding carboxylic acids is 1. The molecule has 3 aromatic rings. The summed E-state index contributed by atoms with van der Waals surface area (Å²) in [6.07, 6.45) is 1.50. The summed E-state index contributed by atoms with van der Waals surface area (Å²) in [4.78, 5) is 14.0. The minimum atomic E-state index is -0.552. The van der Waals surface area contributed by atoms with E-state index in [1.807, 2.05) is 41.7 Å². The second kappa shape index (κ2) is 9.13. The van der Waals surface area contributed by atoms with Crippen LogP contribution < -0.4 is 9.21 Å². The fourth-order valence-corrected chi connectivity index (χ4v) is 4.22. The van der Waals surface area contributed by atoms with E-state index < -0.39 is 5.82 Å². The molecule has 0 heterocycles. The van der Waals surface area contributed by atoms with Gasteiger partial charge in [0.05, 0.1) is 21.3 Å². The average molecular weight is 415 g/mol. The van der Waals surface area contributed by atoms with Crippen molar-refractivity contribution < 1.29 is 9.18 Å². The molecule has 28 heavy (non-hydrogen) atoms. The summed E-state index contributed by atoms with van der Waals surface area (Å²) in [7, 11) is 1.97. The highest BCUT2D eigenvalue weighted by Crippen LogP contribution is 2.40. The van der Waals surface area contributed by atoms with Gasteiger partial charge in [-0.2, -0.15) is 0 Å². The van der Waals surface area contributed by atoms with Crippen LogP contribution in [0.5, 0.6) is 0 Å². The summed E-state index contributed by atoms with van der Waals surface area (Å²) in [6, 6.07) is 19.9. The topological polar surface area (TPSA) is 23.6 Å². The lowest BCUT2D eigenvalue weighted by Gasteiger charge is -2.25. The van der Waals surface area contributed by atoms with E-state index in [1.54, 1.807) is 12.1 Å². The van der Waals surface area contributed by atoms with Crippen LogP contribution in [0.25, 0.3) is 0 Å². The number of rotatable bonds is 7. The zero-order valence-corrected chi connectivity index (χ0v) is 17.2. The Bertz CT molecular complexity index is 962. The smallest absolute Gasteiger partial charge is 0.218 e. The number of nitrogens with zero attached hydrogens (tertiary/aromatic N) is 2. The van der Waals surface area contributed by atoms with Crippen LogP contribution in [0.4, 0.5) is 21.5 Å². The van der Waals surface area contributed by atoms with Gasteiger partial charge in [0.15, 0.2) is 0 Å². The number of amides is 1. The average Bonchev–Trinajstić information content (AvgIpc) is 2.71. The minimum absolute atomic E-state index is 0.0452. The molecule has 0 bridgehead atoms. The van der Waals surface area contributed by atoms with Crippen LogP contribution in [0.2, 0.25) is 5.02 Å². The molecule has 3 aromatic carbocycles. The van der Waals surface area contributed by atoms with Crippen molar-refractivity contribution in [1.29, 1.82) is 0 Å². The molecule has 0 radical (unpaired) electrons. The Labute approximate surface area is 173 Å². The predicted octanol–water partition coefficient (Wildman–Crippen LogP) is 6.48. The second-order valence-corrected chi connectivity index (χ2v) is 7.66. The first-order valence-electron chi connectivity index (χ1n) is 8.84. The molecule has 0 saturated carbocycles. The maximum atomic E-state index is 14.4.